The average Bonchev–Trinajstić information content (AvgIpc) is 3.34. The Morgan fingerprint density at radius 2 is 2.20 bits per heavy atom. The first-order valence-corrected chi connectivity index (χ1v) is 8.66. The van der Waals surface area contributed by atoms with Crippen molar-refractivity contribution in [2.45, 2.75) is 19.5 Å². The molecule has 0 bridgehead atoms. The van der Waals surface area contributed by atoms with E-state index in [2.05, 4.69) is 20.7 Å². The molecular formula is C17H15N5O2S. The van der Waals surface area contributed by atoms with E-state index in [-0.39, 0.29) is 18.5 Å². The first-order chi connectivity index (χ1) is 12.2. The molecule has 0 aliphatic rings. The van der Waals surface area contributed by atoms with Crippen LogP contribution in [0.15, 0.2) is 52.3 Å². The van der Waals surface area contributed by atoms with E-state index in [1.807, 2.05) is 54.8 Å². The smallest absolute Gasteiger partial charge is 0.244 e. The molecule has 0 saturated heterocycles. The number of hydrogen-bond acceptors (Lipinski definition) is 6. The lowest BCUT2D eigenvalue weighted by molar-refractivity contribution is -0.122. The van der Waals surface area contributed by atoms with Gasteiger partial charge < -0.3 is 9.73 Å². The van der Waals surface area contributed by atoms with Gasteiger partial charge in [0.15, 0.2) is 0 Å². The van der Waals surface area contributed by atoms with Crippen molar-refractivity contribution in [2.75, 3.05) is 0 Å². The Morgan fingerprint density at radius 1 is 1.32 bits per heavy atom. The number of amides is 1. The summed E-state index contributed by atoms with van der Waals surface area (Å²) < 4.78 is 5.77. The number of furan rings is 1. The SMILES string of the molecule is CC(NC(=O)Cn1nnc(-c2cccs2)n1)c1cc2ccccc2o1. The predicted octanol–water partition coefficient (Wildman–Crippen LogP) is 3.03. The largest absolute Gasteiger partial charge is 0.459 e. The van der Waals surface area contributed by atoms with Crippen LogP contribution in [0.4, 0.5) is 0 Å². The third-order valence-corrected chi connectivity index (χ3v) is 4.59. The molecule has 0 spiro atoms. The molecular weight excluding hydrogens is 338 g/mol. The molecule has 126 valence electrons. The Hall–Kier alpha value is -3.00. The molecule has 8 heteroatoms. The number of rotatable bonds is 5. The van der Waals surface area contributed by atoms with Crippen LogP contribution in [0.3, 0.4) is 0 Å². The maximum absolute atomic E-state index is 12.2. The van der Waals surface area contributed by atoms with Crippen LogP contribution >= 0.6 is 11.3 Å². The zero-order chi connectivity index (χ0) is 17.2. The molecule has 4 aromatic rings. The number of carbonyl (C=O) groups excluding carboxylic acids is 1. The van der Waals surface area contributed by atoms with Gasteiger partial charge in [-0.05, 0) is 35.7 Å². The average molecular weight is 353 g/mol. The van der Waals surface area contributed by atoms with Gasteiger partial charge >= 0.3 is 0 Å². The topological polar surface area (TPSA) is 85.8 Å². The lowest BCUT2D eigenvalue weighted by atomic mass is 10.2. The highest BCUT2D eigenvalue weighted by molar-refractivity contribution is 7.13. The Labute approximate surface area is 147 Å². The van der Waals surface area contributed by atoms with Gasteiger partial charge in [0.1, 0.15) is 17.9 Å². The second kappa shape index (κ2) is 6.48. The third-order valence-electron chi connectivity index (χ3n) is 3.73. The summed E-state index contributed by atoms with van der Waals surface area (Å²) in [6.45, 7) is 1.88. The molecule has 0 saturated carbocycles. The molecule has 0 aliphatic heterocycles. The third kappa shape index (κ3) is 3.29. The van der Waals surface area contributed by atoms with Gasteiger partial charge in [-0.15, -0.1) is 21.5 Å². The summed E-state index contributed by atoms with van der Waals surface area (Å²) in [6.07, 6.45) is 0. The van der Waals surface area contributed by atoms with Crippen LogP contribution < -0.4 is 5.32 Å². The second-order valence-corrected chi connectivity index (χ2v) is 6.54. The predicted molar refractivity (Wildman–Crippen MR) is 93.9 cm³/mol. The van der Waals surface area contributed by atoms with Gasteiger partial charge in [-0.25, -0.2) is 0 Å². The molecule has 0 fully saturated rings. The summed E-state index contributed by atoms with van der Waals surface area (Å²) in [5.74, 6) is 1.02. The number of carbonyl (C=O) groups is 1. The summed E-state index contributed by atoms with van der Waals surface area (Å²) in [7, 11) is 0. The number of fused-ring (bicyclic) bond motifs is 1. The first kappa shape index (κ1) is 15.5. The molecule has 1 atom stereocenters. The number of tetrazole rings is 1. The van der Waals surface area contributed by atoms with E-state index >= 15 is 0 Å². The van der Waals surface area contributed by atoms with E-state index < -0.39 is 0 Å². The Morgan fingerprint density at radius 3 is 3.00 bits per heavy atom. The Balaban J connectivity index is 1.41. The number of para-hydroxylation sites is 1. The molecule has 7 nitrogen and oxygen atoms in total. The van der Waals surface area contributed by atoms with Gasteiger partial charge in [0.05, 0.1) is 10.9 Å². The highest BCUT2D eigenvalue weighted by atomic mass is 32.1. The molecule has 4 rings (SSSR count). The summed E-state index contributed by atoms with van der Waals surface area (Å²) in [4.78, 5) is 14.4. The fourth-order valence-corrected chi connectivity index (χ4v) is 3.17. The van der Waals surface area contributed by atoms with Crippen LogP contribution in [0.5, 0.6) is 0 Å². The molecule has 0 radical (unpaired) electrons. The Kier molecular flexibility index (Phi) is 4.02. The van der Waals surface area contributed by atoms with Gasteiger partial charge in [-0.1, -0.05) is 24.3 Å². The van der Waals surface area contributed by atoms with Crippen LogP contribution in [-0.2, 0) is 11.3 Å². The normalized spacial score (nSPS) is 12.4. The molecule has 3 aromatic heterocycles. The molecule has 1 unspecified atom stereocenters. The fourth-order valence-electron chi connectivity index (χ4n) is 2.52. The van der Waals surface area contributed by atoms with E-state index in [0.717, 1.165) is 15.8 Å². The van der Waals surface area contributed by atoms with E-state index in [1.165, 1.54) is 16.1 Å². The minimum Gasteiger partial charge on any atom is -0.459 e. The second-order valence-electron chi connectivity index (χ2n) is 5.60. The number of hydrogen-bond donors (Lipinski definition) is 1. The van der Waals surface area contributed by atoms with E-state index in [0.29, 0.717) is 11.6 Å². The molecule has 1 N–H and O–H groups in total. The monoisotopic (exact) mass is 353 g/mol. The zero-order valence-corrected chi connectivity index (χ0v) is 14.2. The number of thiophene rings is 1. The number of nitrogens with one attached hydrogen (secondary N) is 1. The fraction of sp³-hybridized carbons (Fsp3) is 0.176. The molecule has 3 heterocycles. The van der Waals surface area contributed by atoms with Crippen molar-refractivity contribution >= 4 is 28.2 Å². The highest BCUT2D eigenvalue weighted by Crippen LogP contribution is 2.23. The molecule has 1 amide bonds. The maximum Gasteiger partial charge on any atom is 0.244 e. The summed E-state index contributed by atoms with van der Waals surface area (Å²) in [5.41, 5.74) is 0.803. The summed E-state index contributed by atoms with van der Waals surface area (Å²) >= 11 is 1.53. The quantitative estimate of drug-likeness (QED) is 0.596. The van der Waals surface area contributed by atoms with E-state index in [1.54, 1.807) is 0 Å². The van der Waals surface area contributed by atoms with Crippen molar-refractivity contribution in [3.63, 3.8) is 0 Å². The minimum atomic E-state index is -0.250. The van der Waals surface area contributed by atoms with E-state index in [9.17, 15) is 4.79 Å². The van der Waals surface area contributed by atoms with Crippen LogP contribution in [0.1, 0.15) is 18.7 Å². The number of aromatic nitrogens is 4. The van der Waals surface area contributed by atoms with Gasteiger partial charge in [0.2, 0.25) is 11.7 Å². The van der Waals surface area contributed by atoms with Crippen LogP contribution in [0.2, 0.25) is 0 Å². The van der Waals surface area contributed by atoms with Crippen LogP contribution in [0.25, 0.3) is 21.7 Å². The van der Waals surface area contributed by atoms with Crippen molar-refractivity contribution < 1.29 is 9.21 Å². The van der Waals surface area contributed by atoms with Crippen LogP contribution in [-0.4, -0.2) is 26.1 Å². The highest BCUT2D eigenvalue weighted by Gasteiger charge is 2.16. The van der Waals surface area contributed by atoms with Gasteiger partial charge in [-0.3, -0.25) is 4.79 Å². The van der Waals surface area contributed by atoms with Crippen molar-refractivity contribution in [1.29, 1.82) is 0 Å². The van der Waals surface area contributed by atoms with Crippen molar-refractivity contribution in [3.05, 3.63) is 53.6 Å². The van der Waals surface area contributed by atoms with Crippen molar-refractivity contribution in [3.8, 4) is 10.7 Å². The number of nitrogens with zero attached hydrogens (tertiary/aromatic N) is 4. The Bertz CT molecular complexity index is 972. The van der Waals surface area contributed by atoms with Gasteiger partial charge in [-0.2, -0.15) is 4.80 Å². The lowest BCUT2D eigenvalue weighted by Gasteiger charge is -2.10. The standard InChI is InChI=1S/C17H15N5O2S/c1-11(14-9-12-5-2-3-6-13(12)24-14)18-16(23)10-22-20-17(19-21-22)15-7-4-8-25-15/h2-9,11H,10H2,1H3,(H,18,23). The molecule has 0 aliphatic carbocycles. The number of benzene rings is 1. The van der Waals surface area contributed by atoms with E-state index in [4.69, 9.17) is 4.42 Å². The van der Waals surface area contributed by atoms with Gasteiger partial charge in [0, 0.05) is 5.39 Å². The molecule has 25 heavy (non-hydrogen) atoms. The minimum absolute atomic E-state index is 0.00292. The lowest BCUT2D eigenvalue weighted by Crippen LogP contribution is -2.30. The molecule has 1 aromatic carbocycles. The zero-order valence-electron chi connectivity index (χ0n) is 13.4. The summed E-state index contributed by atoms with van der Waals surface area (Å²) in [6, 6.07) is 13.3. The van der Waals surface area contributed by atoms with Gasteiger partial charge in [0.25, 0.3) is 0 Å². The maximum atomic E-state index is 12.2. The first-order valence-electron chi connectivity index (χ1n) is 7.78. The van der Waals surface area contributed by atoms with Crippen LogP contribution in [0, 0.1) is 0 Å². The summed E-state index contributed by atoms with van der Waals surface area (Å²) in [5, 5.41) is 18.0. The van der Waals surface area contributed by atoms with Crippen molar-refractivity contribution in [2.24, 2.45) is 0 Å². The van der Waals surface area contributed by atoms with Crippen molar-refractivity contribution in [1.82, 2.24) is 25.5 Å².